The molecule has 15 nitrogen and oxygen atoms in total. The first kappa shape index (κ1) is 38.6. The van der Waals surface area contributed by atoms with Crippen molar-refractivity contribution < 1.29 is 32.2 Å². The molecule has 4 aromatic heterocycles. The van der Waals surface area contributed by atoms with E-state index in [-0.39, 0.29) is 78.9 Å². The highest BCUT2D eigenvalue weighted by atomic mass is 35.5. The molecule has 8 rings (SSSR count). The van der Waals surface area contributed by atoms with E-state index < -0.39 is 23.2 Å². The Morgan fingerprint density at radius 1 is 1.03 bits per heavy atom. The Bertz CT molecular complexity index is 2620. The van der Waals surface area contributed by atoms with E-state index in [4.69, 9.17) is 26.1 Å². The van der Waals surface area contributed by atoms with Crippen molar-refractivity contribution in [1.82, 2.24) is 38.7 Å². The zero-order valence-corrected chi connectivity index (χ0v) is 31.8. The summed E-state index contributed by atoms with van der Waals surface area (Å²) in [5.41, 5.74) is 1.64. The molecule has 19 heteroatoms. The third-order valence-electron chi connectivity index (χ3n) is 9.95. The lowest BCUT2D eigenvalue weighted by molar-refractivity contribution is -0.137. The normalized spacial score (nSPS) is 14.9. The Kier molecular flexibility index (Phi) is 10.6. The van der Waals surface area contributed by atoms with Gasteiger partial charge in [-0.15, -0.1) is 5.10 Å². The molecule has 6 aromatic rings. The van der Waals surface area contributed by atoms with Gasteiger partial charge < -0.3 is 29.2 Å². The van der Waals surface area contributed by atoms with Crippen LogP contribution in [0.25, 0.3) is 17.0 Å². The van der Waals surface area contributed by atoms with E-state index in [1.54, 1.807) is 27.9 Å². The topological polar surface area (TPSA) is 153 Å². The maximum absolute atomic E-state index is 14.4. The van der Waals surface area contributed by atoms with E-state index >= 15 is 0 Å². The van der Waals surface area contributed by atoms with E-state index in [9.17, 15) is 27.6 Å². The van der Waals surface area contributed by atoms with E-state index in [1.807, 2.05) is 48.2 Å². The molecule has 0 saturated carbocycles. The number of aromatic nitrogens is 7. The number of fused-ring (bicyclic) bond motifs is 2. The Balaban J connectivity index is 1.09. The lowest BCUT2D eigenvalue weighted by Gasteiger charge is -2.36. The second-order valence-electron chi connectivity index (χ2n) is 13.6. The van der Waals surface area contributed by atoms with Crippen molar-refractivity contribution in [3.05, 3.63) is 117 Å². The number of halogens is 4. The van der Waals surface area contributed by atoms with E-state index in [1.165, 1.54) is 4.52 Å². The molecule has 0 bridgehead atoms. The highest BCUT2D eigenvalue weighted by Gasteiger charge is 2.33. The Morgan fingerprint density at radius 2 is 1.83 bits per heavy atom. The molecule has 300 valence electrons. The summed E-state index contributed by atoms with van der Waals surface area (Å²) in [4.78, 5) is 54.9. The fraction of sp³-hybridized carbons (Fsp3) is 0.308. The van der Waals surface area contributed by atoms with Crippen LogP contribution in [0.2, 0.25) is 5.02 Å². The average molecular weight is 817 g/mol. The van der Waals surface area contributed by atoms with Crippen LogP contribution in [0.1, 0.15) is 46.5 Å². The van der Waals surface area contributed by atoms with E-state index in [0.717, 1.165) is 33.9 Å². The third kappa shape index (κ3) is 7.71. The minimum atomic E-state index is -4.62. The smallest absolute Gasteiger partial charge is 0.416 e. The number of anilines is 2. The van der Waals surface area contributed by atoms with E-state index in [2.05, 4.69) is 20.5 Å². The van der Waals surface area contributed by atoms with Crippen molar-refractivity contribution in [3.63, 3.8) is 0 Å². The van der Waals surface area contributed by atoms with Gasteiger partial charge in [0.1, 0.15) is 18.8 Å². The van der Waals surface area contributed by atoms with Gasteiger partial charge in [-0.2, -0.15) is 27.8 Å². The Morgan fingerprint density at radius 3 is 2.53 bits per heavy atom. The number of alkyl halides is 3. The van der Waals surface area contributed by atoms with Crippen LogP contribution in [0.3, 0.4) is 0 Å². The highest BCUT2D eigenvalue weighted by Crippen LogP contribution is 2.34. The SMILES string of the molecule is CCc1c(N2CCN(C(=O)c3nc4ccnn4cc3OCc3ccccc3)CC2)c(=O)n2nc(C3=CCOCC3)nc2n1CC(=O)Nc1ccc(C(F)(F)F)cc1Cl. The maximum Gasteiger partial charge on any atom is 0.416 e. The standard InChI is InChI=1S/C39H36ClF3N10O5/c1-2-29-34(49-14-16-50(17-15-49)36(55)33-30(21-52-31(46-33)10-13-44-52)58-23-24-6-4-3-5-7-24)37(56)53-38(47-35(48-53)25-11-18-57-19-12-25)51(29)22-32(54)45-28-9-8-26(20-27(28)40)39(41,42)43/h3-11,13,20-21H,2,12,14-19,22-23H2,1H3,(H,45,54). The molecule has 2 aliphatic heterocycles. The molecule has 0 unspecified atom stereocenters. The van der Waals surface area contributed by atoms with Gasteiger partial charge in [-0.3, -0.25) is 14.4 Å². The van der Waals surface area contributed by atoms with Crippen LogP contribution in [0.4, 0.5) is 24.5 Å². The third-order valence-corrected chi connectivity index (χ3v) is 10.3. The van der Waals surface area contributed by atoms with Gasteiger partial charge in [0.05, 0.1) is 47.6 Å². The van der Waals surface area contributed by atoms with Crippen molar-refractivity contribution in [2.45, 2.75) is 39.1 Å². The summed E-state index contributed by atoms with van der Waals surface area (Å²) in [7, 11) is 0. The van der Waals surface area contributed by atoms with Gasteiger partial charge in [0.2, 0.25) is 11.7 Å². The first-order valence-electron chi connectivity index (χ1n) is 18.5. The summed E-state index contributed by atoms with van der Waals surface area (Å²) >= 11 is 6.16. The first-order valence-corrected chi connectivity index (χ1v) is 18.9. The molecule has 2 amide bonds. The molecule has 1 N–H and O–H groups in total. The number of amides is 2. The van der Waals surface area contributed by atoms with Crippen LogP contribution in [-0.4, -0.2) is 89.9 Å². The number of piperazine rings is 1. The summed E-state index contributed by atoms with van der Waals surface area (Å²) < 4.78 is 55.7. The van der Waals surface area contributed by atoms with Crippen molar-refractivity contribution in [3.8, 4) is 5.75 Å². The zero-order valence-electron chi connectivity index (χ0n) is 31.1. The molecule has 0 aliphatic carbocycles. The average Bonchev–Trinajstić information content (AvgIpc) is 3.89. The molecule has 0 atom stereocenters. The van der Waals surface area contributed by atoms with Gasteiger partial charge in [0, 0.05) is 32.2 Å². The maximum atomic E-state index is 14.4. The van der Waals surface area contributed by atoms with Gasteiger partial charge in [-0.25, -0.2) is 9.50 Å². The number of hydrogen-bond donors (Lipinski definition) is 1. The van der Waals surface area contributed by atoms with Gasteiger partial charge in [0.25, 0.3) is 11.5 Å². The summed E-state index contributed by atoms with van der Waals surface area (Å²) in [5.74, 6) is -0.278. The van der Waals surface area contributed by atoms with Crippen LogP contribution in [0.15, 0.2) is 77.9 Å². The number of hydrogen-bond acceptors (Lipinski definition) is 10. The van der Waals surface area contributed by atoms with Crippen LogP contribution in [0, 0.1) is 0 Å². The number of benzene rings is 2. The van der Waals surface area contributed by atoms with Gasteiger partial charge in [-0.1, -0.05) is 54.9 Å². The van der Waals surface area contributed by atoms with Gasteiger partial charge in [0.15, 0.2) is 22.9 Å². The zero-order chi connectivity index (χ0) is 40.6. The minimum absolute atomic E-state index is 0.0131. The number of rotatable bonds is 10. The summed E-state index contributed by atoms with van der Waals surface area (Å²) in [5, 5.41) is 11.1. The molecule has 2 aromatic carbocycles. The summed E-state index contributed by atoms with van der Waals surface area (Å²) in [6.07, 6.45) is 1.24. The van der Waals surface area contributed by atoms with Crippen molar-refractivity contribution >= 4 is 51.8 Å². The van der Waals surface area contributed by atoms with Crippen LogP contribution >= 0.6 is 11.6 Å². The predicted molar refractivity (Wildman–Crippen MR) is 207 cm³/mol. The number of nitrogens with zero attached hydrogens (tertiary/aromatic N) is 9. The summed E-state index contributed by atoms with van der Waals surface area (Å²) in [6.45, 7) is 3.45. The molecular weight excluding hydrogens is 781 g/mol. The van der Waals surface area contributed by atoms with Crippen molar-refractivity contribution in [2.75, 3.05) is 49.6 Å². The fourth-order valence-electron chi connectivity index (χ4n) is 7.04. The Labute approximate surface area is 333 Å². The molecule has 58 heavy (non-hydrogen) atoms. The monoisotopic (exact) mass is 816 g/mol. The molecule has 0 radical (unpaired) electrons. The largest absolute Gasteiger partial charge is 0.485 e. The molecule has 6 heterocycles. The molecule has 0 spiro atoms. The van der Waals surface area contributed by atoms with Gasteiger partial charge in [-0.05, 0) is 42.2 Å². The van der Waals surface area contributed by atoms with Gasteiger partial charge >= 0.3 is 6.18 Å². The quantitative estimate of drug-likeness (QED) is 0.197. The molecule has 1 saturated heterocycles. The lowest BCUT2D eigenvalue weighted by atomic mass is 10.1. The molecular formula is C39H36ClF3N10O5. The number of carbonyl (C=O) groups is 2. The number of nitrogens with one attached hydrogen (secondary N) is 1. The minimum Gasteiger partial charge on any atom is -0.485 e. The predicted octanol–water partition coefficient (Wildman–Crippen LogP) is 5.15. The van der Waals surface area contributed by atoms with Crippen LogP contribution in [-0.2, 0) is 35.3 Å². The van der Waals surface area contributed by atoms with Crippen LogP contribution < -0.4 is 20.5 Å². The molecule has 2 aliphatic rings. The second-order valence-corrected chi connectivity index (χ2v) is 14.0. The molecule has 1 fully saturated rings. The first-order chi connectivity index (χ1) is 28.0. The number of carbonyl (C=O) groups excluding carboxylic acids is 2. The highest BCUT2D eigenvalue weighted by molar-refractivity contribution is 6.33. The van der Waals surface area contributed by atoms with Crippen LogP contribution in [0.5, 0.6) is 5.75 Å². The lowest BCUT2D eigenvalue weighted by Crippen LogP contribution is -2.51. The second kappa shape index (κ2) is 15.9. The number of ether oxygens (including phenoxy) is 2. The van der Waals surface area contributed by atoms with Crippen molar-refractivity contribution in [2.24, 2.45) is 0 Å². The van der Waals surface area contributed by atoms with Crippen molar-refractivity contribution in [1.29, 1.82) is 0 Å². The van der Waals surface area contributed by atoms with E-state index in [0.29, 0.717) is 43.2 Å². The summed E-state index contributed by atoms with van der Waals surface area (Å²) in [6, 6.07) is 13.9. The fourth-order valence-corrected chi connectivity index (χ4v) is 7.26. The Hall–Kier alpha value is -6.27.